The van der Waals surface area contributed by atoms with Crippen molar-refractivity contribution in [3.05, 3.63) is 39.9 Å². The van der Waals surface area contributed by atoms with Crippen molar-refractivity contribution in [3.8, 4) is 0 Å². The molecule has 0 spiro atoms. The summed E-state index contributed by atoms with van der Waals surface area (Å²) in [7, 11) is 0. The van der Waals surface area contributed by atoms with Gasteiger partial charge in [0.05, 0.1) is 4.92 Å². The Labute approximate surface area is 97.8 Å². The van der Waals surface area contributed by atoms with Crippen molar-refractivity contribution in [2.45, 2.75) is 12.8 Å². The highest BCUT2D eigenvalue weighted by molar-refractivity contribution is 5.77. The molecule has 1 rings (SSSR count). The zero-order chi connectivity index (χ0) is 12.8. The molecule has 0 fully saturated rings. The quantitative estimate of drug-likeness (QED) is 0.629. The molecular weight excluding hydrogens is 227 g/mol. The van der Waals surface area contributed by atoms with Crippen LogP contribution in [0.15, 0.2) is 24.3 Å². The summed E-state index contributed by atoms with van der Waals surface area (Å²) >= 11 is 0. The molecule has 1 N–H and O–H groups in total. The van der Waals surface area contributed by atoms with Crippen molar-refractivity contribution in [2.24, 2.45) is 0 Å². The van der Waals surface area contributed by atoms with E-state index in [9.17, 15) is 19.3 Å². The van der Waals surface area contributed by atoms with Gasteiger partial charge in [0.1, 0.15) is 0 Å². The number of alkyl halides is 1. The van der Waals surface area contributed by atoms with Crippen LogP contribution >= 0.6 is 0 Å². The minimum atomic E-state index is -1.03. The van der Waals surface area contributed by atoms with Crippen molar-refractivity contribution >= 4 is 11.6 Å². The first-order chi connectivity index (χ1) is 8.04. The molecule has 0 saturated carbocycles. The van der Waals surface area contributed by atoms with Gasteiger partial charge in [0, 0.05) is 18.7 Å². The van der Waals surface area contributed by atoms with Gasteiger partial charge in [-0.1, -0.05) is 19.1 Å². The van der Waals surface area contributed by atoms with E-state index >= 15 is 0 Å². The standard InChI is InChI=1S/C11H13FN2O3/c1-8(7-13-11(15)6-12)9-2-4-10(5-3-9)14(16)17/h2-5,8H,6-7H2,1H3,(H,13,15). The van der Waals surface area contributed by atoms with Gasteiger partial charge < -0.3 is 5.32 Å². The van der Waals surface area contributed by atoms with Crippen LogP contribution in [0.3, 0.4) is 0 Å². The number of non-ortho nitro benzene ring substituents is 1. The molecule has 0 heterocycles. The number of benzene rings is 1. The molecule has 17 heavy (non-hydrogen) atoms. The van der Waals surface area contributed by atoms with E-state index in [1.165, 1.54) is 12.1 Å². The molecule has 0 aromatic heterocycles. The average Bonchev–Trinajstić information content (AvgIpc) is 2.35. The van der Waals surface area contributed by atoms with Crippen LogP contribution in [-0.4, -0.2) is 24.0 Å². The molecule has 1 aromatic carbocycles. The number of nitro benzene ring substituents is 1. The summed E-state index contributed by atoms with van der Waals surface area (Å²) in [5.41, 5.74) is 0.878. The largest absolute Gasteiger partial charge is 0.353 e. The van der Waals surface area contributed by atoms with E-state index in [0.717, 1.165) is 5.56 Å². The molecule has 0 radical (unpaired) electrons. The zero-order valence-corrected chi connectivity index (χ0v) is 9.35. The maximum absolute atomic E-state index is 11.9. The Balaban J connectivity index is 2.60. The number of amides is 1. The third-order valence-corrected chi connectivity index (χ3v) is 2.40. The molecule has 0 aliphatic carbocycles. The van der Waals surface area contributed by atoms with Gasteiger partial charge in [0.15, 0.2) is 6.67 Å². The van der Waals surface area contributed by atoms with Gasteiger partial charge in [-0.15, -0.1) is 0 Å². The summed E-state index contributed by atoms with van der Waals surface area (Å²) in [6.07, 6.45) is 0. The lowest BCUT2D eigenvalue weighted by atomic mass is 10.0. The lowest BCUT2D eigenvalue weighted by Gasteiger charge is -2.11. The number of rotatable bonds is 5. The molecule has 1 amide bonds. The Morgan fingerprint density at radius 1 is 1.47 bits per heavy atom. The number of hydrogen-bond acceptors (Lipinski definition) is 3. The van der Waals surface area contributed by atoms with Crippen molar-refractivity contribution < 1.29 is 14.1 Å². The van der Waals surface area contributed by atoms with Crippen LogP contribution in [-0.2, 0) is 4.79 Å². The van der Waals surface area contributed by atoms with Crippen molar-refractivity contribution in [1.82, 2.24) is 5.32 Å². The van der Waals surface area contributed by atoms with Gasteiger partial charge in [0.2, 0.25) is 0 Å². The Kier molecular flexibility index (Phi) is 4.56. The van der Waals surface area contributed by atoms with Crippen LogP contribution < -0.4 is 5.32 Å². The molecular formula is C11H13FN2O3. The number of hydrogen-bond donors (Lipinski definition) is 1. The number of nitro groups is 1. The van der Waals surface area contributed by atoms with E-state index in [-0.39, 0.29) is 11.6 Å². The van der Waals surface area contributed by atoms with Crippen LogP contribution in [0.25, 0.3) is 0 Å². The van der Waals surface area contributed by atoms with Gasteiger partial charge in [-0.25, -0.2) is 4.39 Å². The molecule has 0 aliphatic rings. The molecule has 0 aliphatic heterocycles. The highest BCUT2D eigenvalue weighted by atomic mass is 19.1. The van der Waals surface area contributed by atoms with Crippen LogP contribution in [0.4, 0.5) is 10.1 Å². The van der Waals surface area contributed by atoms with Gasteiger partial charge in [-0.3, -0.25) is 14.9 Å². The van der Waals surface area contributed by atoms with E-state index < -0.39 is 17.5 Å². The van der Waals surface area contributed by atoms with Gasteiger partial charge in [-0.2, -0.15) is 0 Å². The number of carbonyl (C=O) groups excluding carboxylic acids is 1. The minimum absolute atomic E-state index is 0.0219. The van der Waals surface area contributed by atoms with E-state index in [0.29, 0.717) is 6.54 Å². The molecule has 0 saturated heterocycles. The minimum Gasteiger partial charge on any atom is -0.353 e. The monoisotopic (exact) mass is 240 g/mol. The first-order valence-corrected chi connectivity index (χ1v) is 5.11. The second-order valence-corrected chi connectivity index (χ2v) is 3.69. The van der Waals surface area contributed by atoms with Gasteiger partial charge >= 0.3 is 0 Å². The fourth-order valence-electron chi connectivity index (χ4n) is 1.36. The van der Waals surface area contributed by atoms with E-state index in [4.69, 9.17) is 0 Å². The van der Waals surface area contributed by atoms with Crippen LogP contribution in [0, 0.1) is 10.1 Å². The topological polar surface area (TPSA) is 72.2 Å². The van der Waals surface area contributed by atoms with Crippen molar-refractivity contribution in [2.75, 3.05) is 13.2 Å². The van der Waals surface area contributed by atoms with Crippen LogP contribution in [0.5, 0.6) is 0 Å². The number of halogens is 1. The van der Waals surface area contributed by atoms with Gasteiger partial charge in [0.25, 0.3) is 11.6 Å². The summed E-state index contributed by atoms with van der Waals surface area (Å²) in [6.45, 7) is 1.12. The smallest absolute Gasteiger partial charge is 0.269 e. The lowest BCUT2D eigenvalue weighted by Crippen LogP contribution is -2.28. The van der Waals surface area contributed by atoms with Crippen LogP contribution in [0.2, 0.25) is 0 Å². The third-order valence-electron chi connectivity index (χ3n) is 2.40. The van der Waals surface area contributed by atoms with E-state index in [1.807, 2.05) is 6.92 Å². The molecule has 6 heteroatoms. The summed E-state index contributed by atoms with van der Waals surface area (Å²) in [4.78, 5) is 20.7. The van der Waals surface area contributed by atoms with Crippen LogP contribution in [0.1, 0.15) is 18.4 Å². The molecule has 0 bridgehead atoms. The Morgan fingerprint density at radius 3 is 2.53 bits per heavy atom. The maximum atomic E-state index is 11.9. The second-order valence-electron chi connectivity index (χ2n) is 3.69. The normalized spacial score (nSPS) is 11.9. The number of carbonyl (C=O) groups is 1. The highest BCUT2D eigenvalue weighted by Crippen LogP contribution is 2.18. The molecule has 1 atom stereocenters. The first-order valence-electron chi connectivity index (χ1n) is 5.11. The van der Waals surface area contributed by atoms with Crippen molar-refractivity contribution in [1.29, 1.82) is 0 Å². The zero-order valence-electron chi connectivity index (χ0n) is 9.35. The highest BCUT2D eigenvalue weighted by Gasteiger charge is 2.10. The third kappa shape index (κ3) is 3.82. The summed E-state index contributed by atoms with van der Waals surface area (Å²) in [6, 6.07) is 6.07. The average molecular weight is 240 g/mol. The summed E-state index contributed by atoms with van der Waals surface area (Å²) in [5.74, 6) is -0.676. The molecule has 1 unspecified atom stereocenters. The van der Waals surface area contributed by atoms with Crippen molar-refractivity contribution in [3.63, 3.8) is 0 Å². The fourth-order valence-corrected chi connectivity index (χ4v) is 1.36. The second kappa shape index (κ2) is 5.93. The first kappa shape index (κ1) is 13.1. The Morgan fingerprint density at radius 2 is 2.06 bits per heavy atom. The maximum Gasteiger partial charge on any atom is 0.269 e. The SMILES string of the molecule is CC(CNC(=O)CF)c1ccc([N+](=O)[O-])cc1. The number of nitrogens with one attached hydrogen (secondary N) is 1. The van der Waals surface area contributed by atoms with Gasteiger partial charge in [-0.05, 0) is 11.5 Å². The predicted molar refractivity (Wildman–Crippen MR) is 60.5 cm³/mol. The summed E-state index contributed by atoms with van der Waals surface area (Å²) < 4.78 is 11.9. The Hall–Kier alpha value is -1.98. The van der Waals surface area contributed by atoms with E-state index in [1.54, 1.807) is 12.1 Å². The van der Waals surface area contributed by atoms with E-state index in [2.05, 4.69) is 5.32 Å². The lowest BCUT2D eigenvalue weighted by molar-refractivity contribution is -0.384. The number of nitrogens with zero attached hydrogens (tertiary/aromatic N) is 1. The molecule has 5 nitrogen and oxygen atoms in total. The predicted octanol–water partition coefficient (Wildman–Crippen LogP) is 1.78. The fraction of sp³-hybridized carbons (Fsp3) is 0.364. The molecule has 1 aromatic rings. The molecule has 92 valence electrons. The Bertz CT molecular complexity index is 406. The summed E-state index contributed by atoms with van der Waals surface area (Å²) in [5, 5.41) is 12.9.